The molecule has 0 spiro atoms. The number of hydrogen-bond acceptors (Lipinski definition) is 3. The SMILES string of the molecule is COc1ccc(CCCCCCCCCCSC#N)cc1. The van der Waals surface area contributed by atoms with E-state index in [2.05, 4.69) is 17.5 Å². The van der Waals surface area contributed by atoms with Crippen LogP contribution in [0.2, 0.25) is 0 Å². The van der Waals surface area contributed by atoms with Crippen molar-refractivity contribution in [1.29, 1.82) is 5.26 Å². The van der Waals surface area contributed by atoms with Gasteiger partial charge in [0.05, 0.1) is 7.11 Å². The number of nitriles is 1. The minimum atomic E-state index is 0.937. The predicted molar refractivity (Wildman–Crippen MR) is 91.7 cm³/mol. The van der Waals surface area contributed by atoms with E-state index in [1.165, 1.54) is 75.1 Å². The number of thiocyanates is 1. The van der Waals surface area contributed by atoms with Crippen molar-refractivity contribution in [3.63, 3.8) is 0 Å². The fraction of sp³-hybridized carbons (Fsp3) is 0.611. The first-order chi connectivity index (χ1) is 10.4. The van der Waals surface area contributed by atoms with E-state index < -0.39 is 0 Å². The van der Waals surface area contributed by atoms with Crippen molar-refractivity contribution in [1.82, 2.24) is 0 Å². The van der Waals surface area contributed by atoms with Gasteiger partial charge in [0.25, 0.3) is 0 Å². The van der Waals surface area contributed by atoms with Crippen molar-refractivity contribution in [2.75, 3.05) is 12.9 Å². The number of hydrogen-bond donors (Lipinski definition) is 0. The zero-order valence-corrected chi connectivity index (χ0v) is 14.0. The first-order valence-electron chi connectivity index (χ1n) is 8.00. The summed E-state index contributed by atoms with van der Waals surface area (Å²) in [5, 5.41) is 10.5. The maximum absolute atomic E-state index is 8.40. The Labute approximate surface area is 133 Å². The molecular weight excluding hydrogens is 278 g/mol. The van der Waals surface area contributed by atoms with Crippen LogP contribution in [0, 0.1) is 10.7 Å². The Balaban J connectivity index is 1.89. The third-order valence-corrected chi connectivity index (χ3v) is 4.31. The minimum Gasteiger partial charge on any atom is -0.497 e. The van der Waals surface area contributed by atoms with Crippen LogP contribution in [-0.2, 0) is 6.42 Å². The maximum atomic E-state index is 8.40. The van der Waals surface area contributed by atoms with Crippen LogP contribution in [0.25, 0.3) is 0 Å². The van der Waals surface area contributed by atoms with Crippen LogP contribution in [0.15, 0.2) is 24.3 Å². The van der Waals surface area contributed by atoms with Gasteiger partial charge in [-0.25, -0.2) is 0 Å². The molecule has 0 bridgehead atoms. The summed E-state index contributed by atoms with van der Waals surface area (Å²) in [7, 11) is 1.71. The first kappa shape index (κ1) is 17.9. The number of ether oxygens (including phenoxy) is 1. The number of nitrogens with zero attached hydrogens (tertiary/aromatic N) is 1. The van der Waals surface area contributed by atoms with E-state index in [0.717, 1.165) is 11.5 Å². The molecule has 116 valence electrons. The molecule has 3 heteroatoms. The lowest BCUT2D eigenvalue weighted by atomic mass is 10.0. The van der Waals surface area contributed by atoms with E-state index in [9.17, 15) is 0 Å². The number of benzene rings is 1. The molecule has 0 aromatic heterocycles. The summed E-state index contributed by atoms with van der Waals surface area (Å²) in [6.45, 7) is 0. The molecule has 1 rings (SSSR count). The van der Waals surface area contributed by atoms with Crippen molar-refractivity contribution in [2.24, 2.45) is 0 Å². The van der Waals surface area contributed by atoms with Crippen LogP contribution >= 0.6 is 11.8 Å². The Morgan fingerprint density at radius 2 is 1.48 bits per heavy atom. The summed E-state index contributed by atoms with van der Waals surface area (Å²) in [5.41, 5.74) is 1.41. The third-order valence-electron chi connectivity index (χ3n) is 3.69. The standard InChI is InChI=1S/C18H27NOS/c1-20-18-13-11-17(12-14-18)10-8-6-4-2-3-5-7-9-15-21-16-19/h11-14H,2-10,15H2,1H3. The van der Waals surface area contributed by atoms with Gasteiger partial charge in [0.2, 0.25) is 0 Å². The highest BCUT2D eigenvalue weighted by atomic mass is 32.2. The lowest BCUT2D eigenvalue weighted by Crippen LogP contribution is -1.88. The summed E-state index contributed by atoms with van der Waals surface area (Å²) < 4.78 is 5.16. The third kappa shape index (κ3) is 9.42. The molecule has 0 aliphatic carbocycles. The van der Waals surface area contributed by atoms with E-state index in [-0.39, 0.29) is 0 Å². The fourth-order valence-electron chi connectivity index (χ4n) is 2.40. The fourth-order valence-corrected chi connectivity index (χ4v) is 2.84. The molecule has 0 atom stereocenters. The lowest BCUT2D eigenvalue weighted by molar-refractivity contribution is 0.414. The summed E-state index contributed by atoms with van der Waals surface area (Å²) in [6, 6.07) is 8.41. The van der Waals surface area contributed by atoms with Gasteiger partial charge in [-0.3, -0.25) is 0 Å². The Hall–Kier alpha value is -1.14. The van der Waals surface area contributed by atoms with Crippen molar-refractivity contribution in [3.8, 4) is 11.2 Å². The molecule has 0 saturated carbocycles. The van der Waals surface area contributed by atoms with Crippen molar-refractivity contribution < 1.29 is 4.74 Å². The summed E-state index contributed by atoms with van der Waals surface area (Å²) in [4.78, 5) is 0. The Morgan fingerprint density at radius 3 is 2.05 bits per heavy atom. The van der Waals surface area contributed by atoms with Gasteiger partial charge in [-0.2, -0.15) is 5.26 Å². The number of thioether (sulfide) groups is 1. The molecule has 0 fully saturated rings. The number of methoxy groups -OCH3 is 1. The monoisotopic (exact) mass is 305 g/mol. The van der Waals surface area contributed by atoms with Crippen LogP contribution in [-0.4, -0.2) is 12.9 Å². The molecule has 1 aromatic carbocycles. The average Bonchev–Trinajstić information content (AvgIpc) is 2.53. The van der Waals surface area contributed by atoms with Crippen LogP contribution in [0.5, 0.6) is 5.75 Å². The number of rotatable bonds is 12. The molecule has 0 radical (unpaired) electrons. The second-order valence-corrected chi connectivity index (χ2v) is 6.25. The Morgan fingerprint density at radius 1 is 0.905 bits per heavy atom. The molecule has 0 N–H and O–H groups in total. The van der Waals surface area contributed by atoms with Crippen LogP contribution in [0.4, 0.5) is 0 Å². The van der Waals surface area contributed by atoms with E-state index in [0.29, 0.717) is 0 Å². The number of unbranched alkanes of at least 4 members (excludes halogenated alkanes) is 7. The van der Waals surface area contributed by atoms with Crippen LogP contribution < -0.4 is 4.74 Å². The van der Waals surface area contributed by atoms with Gasteiger partial charge in [-0.05, 0) is 48.7 Å². The van der Waals surface area contributed by atoms with Gasteiger partial charge < -0.3 is 4.74 Å². The molecule has 21 heavy (non-hydrogen) atoms. The highest BCUT2D eigenvalue weighted by Crippen LogP contribution is 2.15. The summed E-state index contributed by atoms with van der Waals surface area (Å²) >= 11 is 1.38. The highest BCUT2D eigenvalue weighted by Gasteiger charge is 1.96. The van der Waals surface area contributed by atoms with E-state index >= 15 is 0 Å². The predicted octanol–water partition coefficient (Wildman–Crippen LogP) is 5.57. The van der Waals surface area contributed by atoms with Gasteiger partial charge in [0.1, 0.15) is 11.2 Å². The summed E-state index contributed by atoms with van der Waals surface area (Å²) in [6.07, 6.45) is 11.6. The largest absolute Gasteiger partial charge is 0.497 e. The van der Waals surface area contributed by atoms with Gasteiger partial charge in [0.15, 0.2) is 0 Å². The van der Waals surface area contributed by atoms with E-state index in [1.54, 1.807) is 7.11 Å². The van der Waals surface area contributed by atoms with Crippen molar-refractivity contribution >= 4 is 11.8 Å². The average molecular weight is 305 g/mol. The Kier molecular flexibility index (Phi) is 10.7. The van der Waals surface area contributed by atoms with Gasteiger partial charge >= 0.3 is 0 Å². The van der Waals surface area contributed by atoms with Gasteiger partial charge in [-0.1, -0.05) is 50.7 Å². The van der Waals surface area contributed by atoms with Gasteiger partial charge in [0, 0.05) is 5.75 Å². The smallest absolute Gasteiger partial charge is 0.133 e. The maximum Gasteiger partial charge on any atom is 0.133 e. The van der Waals surface area contributed by atoms with Gasteiger partial charge in [-0.15, -0.1) is 0 Å². The first-order valence-corrected chi connectivity index (χ1v) is 8.99. The molecule has 0 aliphatic heterocycles. The second kappa shape index (κ2) is 12.6. The summed E-state index contributed by atoms with van der Waals surface area (Å²) in [5.74, 6) is 1.94. The normalized spacial score (nSPS) is 10.3. The number of aryl methyl sites for hydroxylation is 1. The van der Waals surface area contributed by atoms with Crippen molar-refractivity contribution in [2.45, 2.75) is 57.8 Å². The van der Waals surface area contributed by atoms with E-state index in [4.69, 9.17) is 10.00 Å². The highest BCUT2D eigenvalue weighted by molar-refractivity contribution is 8.03. The molecule has 0 saturated heterocycles. The molecule has 2 nitrogen and oxygen atoms in total. The van der Waals surface area contributed by atoms with Crippen LogP contribution in [0.3, 0.4) is 0 Å². The quantitative estimate of drug-likeness (QED) is 0.374. The van der Waals surface area contributed by atoms with E-state index in [1.807, 2.05) is 12.1 Å². The van der Waals surface area contributed by atoms with Crippen molar-refractivity contribution in [3.05, 3.63) is 29.8 Å². The molecule has 0 aliphatic rings. The molecule has 0 amide bonds. The Bertz CT molecular complexity index is 397. The lowest BCUT2D eigenvalue weighted by Gasteiger charge is -2.04. The molecule has 0 unspecified atom stereocenters. The second-order valence-electron chi connectivity index (χ2n) is 5.37. The molecular formula is C18H27NOS. The zero-order valence-electron chi connectivity index (χ0n) is 13.1. The molecule has 0 heterocycles. The molecule has 1 aromatic rings. The minimum absolute atomic E-state index is 0.937. The topological polar surface area (TPSA) is 33.0 Å². The van der Waals surface area contributed by atoms with Crippen LogP contribution in [0.1, 0.15) is 56.9 Å². The zero-order chi connectivity index (χ0) is 15.2.